The highest BCUT2D eigenvalue weighted by Gasteiger charge is 2.14. The molecule has 0 radical (unpaired) electrons. The minimum Gasteiger partial charge on any atom is -0.378 e. The molecule has 0 aromatic rings. The molecule has 1 rings (SSSR count). The van der Waals surface area contributed by atoms with Gasteiger partial charge in [-0.15, -0.1) is 0 Å². The third kappa shape index (κ3) is 7.34. The number of ether oxygens (including phenoxy) is 1. The van der Waals surface area contributed by atoms with E-state index in [0.29, 0.717) is 12.1 Å². The smallest absolute Gasteiger partial charge is 0.0576 e. The molecule has 0 saturated carbocycles. The van der Waals surface area contributed by atoms with Crippen LogP contribution in [0.3, 0.4) is 0 Å². The molecule has 1 N–H and O–H groups in total. The third-order valence-corrected chi connectivity index (χ3v) is 3.90. The molecule has 1 heterocycles. The summed E-state index contributed by atoms with van der Waals surface area (Å²) in [4.78, 5) is 2.41. The lowest BCUT2D eigenvalue weighted by atomic mass is 10.1. The van der Waals surface area contributed by atoms with Crippen molar-refractivity contribution in [2.45, 2.75) is 64.5 Å². The lowest BCUT2D eigenvalue weighted by molar-refractivity contribution is 0.102. The van der Waals surface area contributed by atoms with E-state index < -0.39 is 0 Å². The average Bonchev–Trinajstić information content (AvgIpc) is 2.85. The minimum atomic E-state index is 0.562. The molecule has 0 bridgehead atoms. The average molecular weight is 256 g/mol. The van der Waals surface area contributed by atoms with Crippen LogP contribution in [0.15, 0.2) is 0 Å². The lowest BCUT2D eigenvalue weighted by Crippen LogP contribution is -2.28. The van der Waals surface area contributed by atoms with Gasteiger partial charge in [0.15, 0.2) is 0 Å². The number of rotatable bonds is 10. The molecule has 0 aromatic carbocycles. The summed E-state index contributed by atoms with van der Waals surface area (Å²) < 4.78 is 5.61. The lowest BCUT2D eigenvalue weighted by Gasteiger charge is -2.20. The van der Waals surface area contributed by atoms with Gasteiger partial charge in [0.25, 0.3) is 0 Å². The van der Waals surface area contributed by atoms with Crippen LogP contribution in [0.25, 0.3) is 0 Å². The Balaban J connectivity index is 1.78. The fourth-order valence-corrected chi connectivity index (χ4v) is 2.32. The molecular formula is C15H32N2O. The van der Waals surface area contributed by atoms with Crippen molar-refractivity contribution in [2.24, 2.45) is 0 Å². The Morgan fingerprint density at radius 1 is 1.22 bits per heavy atom. The largest absolute Gasteiger partial charge is 0.378 e. The first-order valence-corrected chi connectivity index (χ1v) is 7.72. The zero-order chi connectivity index (χ0) is 13.2. The first-order valence-electron chi connectivity index (χ1n) is 7.72. The Labute approximate surface area is 113 Å². The molecule has 1 fully saturated rings. The van der Waals surface area contributed by atoms with Gasteiger partial charge in [-0.05, 0) is 79.1 Å². The summed E-state index contributed by atoms with van der Waals surface area (Å²) >= 11 is 0. The predicted molar refractivity (Wildman–Crippen MR) is 78.1 cm³/mol. The van der Waals surface area contributed by atoms with Crippen LogP contribution in [0.5, 0.6) is 0 Å². The van der Waals surface area contributed by atoms with Gasteiger partial charge < -0.3 is 15.0 Å². The third-order valence-electron chi connectivity index (χ3n) is 3.90. The normalized spacial score (nSPS) is 20.2. The van der Waals surface area contributed by atoms with Crippen molar-refractivity contribution >= 4 is 0 Å². The van der Waals surface area contributed by atoms with E-state index in [2.05, 4.69) is 31.1 Å². The maximum Gasteiger partial charge on any atom is 0.0576 e. The molecule has 0 aromatic heterocycles. The molecule has 3 nitrogen and oxygen atoms in total. The summed E-state index contributed by atoms with van der Waals surface area (Å²) in [7, 11) is 2.21. The van der Waals surface area contributed by atoms with Crippen LogP contribution in [0.1, 0.15) is 52.4 Å². The second kappa shape index (κ2) is 9.76. The quantitative estimate of drug-likeness (QED) is 0.608. The predicted octanol–water partition coefficient (Wildman–Crippen LogP) is 2.66. The van der Waals surface area contributed by atoms with Crippen LogP contribution in [0.2, 0.25) is 0 Å². The molecule has 0 spiro atoms. The molecule has 1 atom stereocenters. The molecule has 18 heavy (non-hydrogen) atoms. The fourth-order valence-electron chi connectivity index (χ4n) is 2.32. The Bertz CT molecular complexity index is 183. The second-order valence-electron chi connectivity index (χ2n) is 5.81. The van der Waals surface area contributed by atoms with Gasteiger partial charge in [-0.1, -0.05) is 0 Å². The summed E-state index contributed by atoms with van der Waals surface area (Å²) in [5.41, 5.74) is 0. The van der Waals surface area contributed by atoms with E-state index in [9.17, 15) is 0 Å². The summed E-state index contributed by atoms with van der Waals surface area (Å²) in [6.07, 6.45) is 8.19. The number of hydrogen-bond acceptors (Lipinski definition) is 3. The summed E-state index contributed by atoms with van der Waals surface area (Å²) in [5, 5.41) is 3.54. The van der Waals surface area contributed by atoms with Crippen LogP contribution < -0.4 is 5.32 Å². The first kappa shape index (κ1) is 15.9. The Morgan fingerprint density at radius 2 is 2.00 bits per heavy atom. The molecule has 1 unspecified atom stereocenters. The first-order chi connectivity index (χ1) is 8.70. The number of nitrogens with zero attached hydrogens (tertiary/aromatic N) is 1. The van der Waals surface area contributed by atoms with E-state index in [4.69, 9.17) is 4.74 Å². The maximum absolute atomic E-state index is 5.61. The monoisotopic (exact) mass is 256 g/mol. The van der Waals surface area contributed by atoms with Crippen molar-refractivity contribution in [2.75, 3.05) is 33.3 Å². The van der Waals surface area contributed by atoms with Crippen LogP contribution in [-0.2, 0) is 4.74 Å². The van der Waals surface area contributed by atoms with Crippen LogP contribution in [0, 0.1) is 0 Å². The number of unbranched alkanes of at least 4 members (excludes halogenated alkanes) is 1. The molecular weight excluding hydrogens is 224 g/mol. The zero-order valence-corrected chi connectivity index (χ0v) is 12.6. The highest BCUT2D eigenvalue weighted by atomic mass is 16.5. The number of nitrogens with one attached hydrogen (secondary N) is 1. The molecule has 3 heteroatoms. The highest BCUT2D eigenvalue weighted by Crippen LogP contribution is 2.16. The molecule has 108 valence electrons. The van der Waals surface area contributed by atoms with Crippen molar-refractivity contribution in [3.63, 3.8) is 0 Å². The van der Waals surface area contributed by atoms with E-state index in [-0.39, 0.29) is 0 Å². The summed E-state index contributed by atoms with van der Waals surface area (Å²) in [6, 6.07) is 0.671. The van der Waals surface area contributed by atoms with Gasteiger partial charge in [-0.3, -0.25) is 0 Å². The van der Waals surface area contributed by atoms with Gasteiger partial charge in [0.1, 0.15) is 0 Å². The van der Waals surface area contributed by atoms with E-state index in [1.165, 1.54) is 45.1 Å². The van der Waals surface area contributed by atoms with Crippen LogP contribution >= 0.6 is 0 Å². The minimum absolute atomic E-state index is 0.562. The van der Waals surface area contributed by atoms with Gasteiger partial charge in [0.2, 0.25) is 0 Å². The molecule has 1 saturated heterocycles. The maximum atomic E-state index is 5.61. The summed E-state index contributed by atoms with van der Waals surface area (Å²) in [6.45, 7) is 9.03. The van der Waals surface area contributed by atoms with Crippen molar-refractivity contribution < 1.29 is 4.74 Å². The van der Waals surface area contributed by atoms with Crippen molar-refractivity contribution in [1.29, 1.82) is 0 Å². The van der Waals surface area contributed by atoms with Crippen LogP contribution in [0.4, 0.5) is 0 Å². The van der Waals surface area contributed by atoms with E-state index in [1.54, 1.807) is 0 Å². The summed E-state index contributed by atoms with van der Waals surface area (Å²) in [5.74, 6) is 0. The molecule has 0 amide bonds. The van der Waals surface area contributed by atoms with Crippen molar-refractivity contribution in [3.8, 4) is 0 Å². The van der Waals surface area contributed by atoms with E-state index in [0.717, 1.165) is 19.7 Å². The topological polar surface area (TPSA) is 24.5 Å². The standard InChI is InChI=1S/C15H32N2O/c1-14(2)17(3)12-5-4-10-16-11-6-8-15-9-7-13-18-15/h14-16H,4-13H2,1-3H3. The zero-order valence-electron chi connectivity index (χ0n) is 12.6. The number of hydrogen-bond donors (Lipinski definition) is 1. The van der Waals surface area contributed by atoms with Gasteiger partial charge in [-0.25, -0.2) is 0 Å². The fraction of sp³-hybridized carbons (Fsp3) is 1.00. The van der Waals surface area contributed by atoms with Crippen LogP contribution in [-0.4, -0.2) is 50.3 Å². The second-order valence-corrected chi connectivity index (χ2v) is 5.81. The van der Waals surface area contributed by atoms with Gasteiger partial charge in [0.05, 0.1) is 6.10 Å². The van der Waals surface area contributed by atoms with Crippen molar-refractivity contribution in [1.82, 2.24) is 10.2 Å². The van der Waals surface area contributed by atoms with E-state index in [1.807, 2.05) is 0 Å². The van der Waals surface area contributed by atoms with E-state index >= 15 is 0 Å². The van der Waals surface area contributed by atoms with Gasteiger partial charge in [0, 0.05) is 12.6 Å². The molecule has 1 aliphatic rings. The SMILES string of the molecule is CC(C)N(C)CCCCNCCCC1CCCO1. The molecule has 1 aliphatic heterocycles. The molecule has 0 aliphatic carbocycles. The highest BCUT2D eigenvalue weighted by molar-refractivity contribution is 4.65. The Kier molecular flexibility index (Phi) is 8.64. The van der Waals surface area contributed by atoms with Gasteiger partial charge in [-0.2, -0.15) is 0 Å². The Morgan fingerprint density at radius 3 is 2.67 bits per heavy atom. The Hall–Kier alpha value is -0.120. The van der Waals surface area contributed by atoms with Gasteiger partial charge >= 0.3 is 0 Å². The van der Waals surface area contributed by atoms with Crippen molar-refractivity contribution in [3.05, 3.63) is 0 Å².